The van der Waals surface area contributed by atoms with Crippen molar-refractivity contribution in [1.82, 2.24) is 0 Å². The van der Waals surface area contributed by atoms with Crippen LogP contribution in [0.25, 0.3) is 0 Å². The number of benzene rings is 2. The summed E-state index contributed by atoms with van der Waals surface area (Å²) in [6.07, 6.45) is 1.66. The molecule has 0 bridgehead atoms. The third kappa shape index (κ3) is 3.90. The zero-order valence-electron chi connectivity index (χ0n) is 11.5. The molecule has 0 aliphatic rings. The van der Waals surface area contributed by atoms with Crippen molar-refractivity contribution in [2.75, 3.05) is 0 Å². The van der Waals surface area contributed by atoms with Gasteiger partial charge in [0, 0.05) is 12.1 Å². The van der Waals surface area contributed by atoms with E-state index in [0.717, 1.165) is 24.0 Å². The van der Waals surface area contributed by atoms with Crippen molar-refractivity contribution in [1.29, 1.82) is 5.26 Å². The lowest BCUT2D eigenvalue weighted by atomic mass is 9.93. The number of nitro groups is 1. The first-order chi connectivity index (χ1) is 10.1. The number of hydrogen-bond donors (Lipinski definition) is 0. The highest BCUT2D eigenvalue weighted by atomic mass is 16.6. The summed E-state index contributed by atoms with van der Waals surface area (Å²) in [5.74, 6) is 0.132. The van der Waals surface area contributed by atoms with Crippen LogP contribution < -0.4 is 0 Å². The highest BCUT2D eigenvalue weighted by Gasteiger charge is 2.08. The third-order valence-electron chi connectivity index (χ3n) is 3.44. The standard InChI is InChI=1S/C17H15N2O2/c1-13(16-8-4-15(12-18)5-9-16)2-3-14-6-10-17(11-7-14)19(20)21/h4-11,13H,1-3H2. The van der Waals surface area contributed by atoms with E-state index in [0.29, 0.717) is 5.56 Å². The Morgan fingerprint density at radius 2 is 1.76 bits per heavy atom. The molecule has 2 rings (SSSR count). The summed E-state index contributed by atoms with van der Waals surface area (Å²) in [6, 6.07) is 16.1. The summed E-state index contributed by atoms with van der Waals surface area (Å²) in [4.78, 5) is 10.2. The number of non-ortho nitro benzene ring substituents is 1. The van der Waals surface area contributed by atoms with Gasteiger partial charge in [0.25, 0.3) is 5.69 Å². The highest BCUT2D eigenvalue weighted by Crippen LogP contribution is 2.22. The molecule has 0 heterocycles. The molecule has 0 amide bonds. The monoisotopic (exact) mass is 279 g/mol. The van der Waals surface area contributed by atoms with Crippen LogP contribution in [0.4, 0.5) is 5.69 Å². The van der Waals surface area contributed by atoms with Gasteiger partial charge in [-0.25, -0.2) is 0 Å². The van der Waals surface area contributed by atoms with Gasteiger partial charge in [-0.3, -0.25) is 10.1 Å². The molecule has 2 aromatic rings. The molecule has 0 aliphatic heterocycles. The molecule has 0 aromatic heterocycles. The van der Waals surface area contributed by atoms with Gasteiger partial charge in [0.15, 0.2) is 0 Å². The molecule has 2 aromatic carbocycles. The summed E-state index contributed by atoms with van der Waals surface area (Å²) < 4.78 is 0. The van der Waals surface area contributed by atoms with Crippen LogP contribution in [-0.2, 0) is 6.42 Å². The van der Waals surface area contributed by atoms with Gasteiger partial charge in [-0.1, -0.05) is 24.3 Å². The van der Waals surface area contributed by atoms with E-state index in [1.807, 2.05) is 12.1 Å². The van der Waals surface area contributed by atoms with E-state index < -0.39 is 4.92 Å². The second-order valence-corrected chi connectivity index (χ2v) is 4.89. The van der Waals surface area contributed by atoms with E-state index in [9.17, 15) is 10.1 Å². The van der Waals surface area contributed by atoms with Crippen LogP contribution in [0, 0.1) is 28.4 Å². The van der Waals surface area contributed by atoms with Crippen LogP contribution in [0.2, 0.25) is 0 Å². The molecule has 4 nitrogen and oxygen atoms in total. The zero-order chi connectivity index (χ0) is 15.2. The summed E-state index contributed by atoms with van der Waals surface area (Å²) in [5.41, 5.74) is 2.90. The van der Waals surface area contributed by atoms with Gasteiger partial charge in [-0.2, -0.15) is 5.26 Å². The SMILES string of the molecule is [CH2]C(CCc1ccc([N+](=O)[O-])cc1)c1ccc(C#N)cc1. The average molecular weight is 279 g/mol. The molecular weight excluding hydrogens is 264 g/mol. The number of nitro benzene ring substituents is 1. The Labute approximate surface area is 123 Å². The molecule has 1 radical (unpaired) electrons. The molecule has 105 valence electrons. The van der Waals surface area contributed by atoms with Crippen molar-refractivity contribution in [2.45, 2.75) is 18.8 Å². The third-order valence-corrected chi connectivity index (χ3v) is 3.44. The Hall–Kier alpha value is -2.67. The first kappa shape index (κ1) is 14.7. The summed E-state index contributed by atoms with van der Waals surface area (Å²) in [6.45, 7) is 4.13. The van der Waals surface area contributed by atoms with Crippen molar-refractivity contribution in [3.8, 4) is 6.07 Å². The molecule has 0 aliphatic carbocycles. The van der Waals surface area contributed by atoms with E-state index in [2.05, 4.69) is 13.0 Å². The largest absolute Gasteiger partial charge is 0.269 e. The summed E-state index contributed by atoms with van der Waals surface area (Å²) in [7, 11) is 0. The zero-order valence-corrected chi connectivity index (χ0v) is 11.5. The normalized spacial score (nSPS) is 11.6. The molecule has 0 saturated carbocycles. The highest BCUT2D eigenvalue weighted by molar-refractivity contribution is 5.34. The van der Waals surface area contributed by atoms with Gasteiger partial charge >= 0.3 is 0 Å². The van der Waals surface area contributed by atoms with Crippen LogP contribution in [0.5, 0.6) is 0 Å². The molecule has 0 saturated heterocycles. The topological polar surface area (TPSA) is 66.9 Å². The fraction of sp³-hybridized carbons (Fsp3) is 0.176. The van der Waals surface area contributed by atoms with Crippen LogP contribution in [0.3, 0.4) is 0 Å². The summed E-state index contributed by atoms with van der Waals surface area (Å²) in [5, 5.41) is 19.4. The lowest BCUT2D eigenvalue weighted by Crippen LogP contribution is -1.97. The maximum absolute atomic E-state index is 10.6. The van der Waals surface area contributed by atoms with E-state index in [1.165, 1.54) is 12.1 Å². The first-order valence-electron chi connectivity index (χ1n) is 6.66. The Kier molecular flexibility index (Phi) is 4.68. The minimum absolute atomic E-state index is 0.108. The van der Waals surface area contributed by atoms with Crippen LogP contribution >= 0.6 is 0 Å². The molecule has 1 unspecified atom stereocenters. The average Bonchev–Trinajstić information content (AvgIpc) is 2.53. The maximum Gasteiger partial charge on any atom is 0.269 e. The van der Waals surface area contributed by atoms with Gasteiger partial charge in [-0.05, 0) is 48.9 Å². The van der Waals surface area contributed by atoms with Crippen molar-refractivity contribution in [3.63, 3.8) is 0 Å². The molecule has 0 N–H and O–H groups in total. The Balaban J connectivity index is 1.95. The van der Waals surface area contributed by atoms with Crippen molar-refractivity contribution in [3.05, 3.63) is 82.3 Å². The van der Waals surface area contributed by atoms with Gasteiger partial charge in [0.05, 0.1) is 16.6 Å². The van der Waals surface area contributed by atoms with Gasteiger partial charge < -0.3 is 0 Å². The smallest absolute Gasteiger partial charge is 0.258 e. The Morgan fingerprint density at radius 1 is 1.14 bits per heavy atom. The minimum Gasteiger partial charge on any atom is -0.258 e. The Morgan fingerprint density at radius 3 is 2.29 bits per heavy atom. The number of nitrogens with zero attached hydrogens (tertiary/aromatic N) is 2. The fourth-order valence-corrected chi connectivity index (χ4v) is 2.12. The van der Waals surface area contributed by atoms with E-state index in [4.69, 9.17) is 5.26 Å². The van der Waals surface area contributed by atoms with E-state index >= 15 is 0 Å². The second kappa shape index (κ2) is 6.67. The predicted octanol–water partition coefficient (Wildman–Crippen LogP) is 4.02. The van der Waals surface area contributed by atoms with Gasteiger partial charge in [0.2, 0.25) is 0 Å². The van der Waals surface area contributed by atoms with Crippen LogP contribution in [0.1, 0.15) is 29.0 Å². The quantitative estimate of drug-likeness (QED) is 0.613. The molecule has 4 heteroatoms. The van der Waals surface area contributed by atoms with Crippen molar-refractivity contribution >= 4 is 5.69 Å². The second-order valence-electron chi connectivity index (χ2n) is 4.89. The number of hydrogen-bond acceptors (Lipinski definition) is 3. The molecule has 0 spiro atoms. The lowest BCUT2D eigenvalue weighted by molar-refractivity contribution is -0.384. The van der Waals surface area contributed by atoms with E-state index in [1.54, 1.807) is 24.3 Å². The molecule has 1 atom stereocenters. The Bertz CT molecular complexity index is 655. The van der Waals surface area contributed by atoms with Crippen LogP contribution in [-0.4, -0.2) is 4.92 Å². The first-order valence-corrected chi connectivity index (χ1v) is 6.66. The van der Waals surface area contributed by atoms with E-state index in [-0.39, 0.29) is 11.6 Å². The minimum atomic E-state index is -0.398. The maximum atomic E-state index is 10.6. The lowest BCUT2D eigenvalue weighted by Gasteiger charge is -2.11. The number of rotatable bonds is 5. The molecule has 21 heavy (non-hydrogen) atoms. The van der Waals surface area contributed by atoms with Crippen molar-refractivity contribution < 1.29 is 4.92 Å². The predicted molar refractivity (Wildman–Crippen MR) is 80.7 cm³/mol. The van der Waals surface area contributed by atoms with Gasteiger partial charge in [0.1, 0.15) is 0 Å². The number of aryl methyl sites for hydroxylation is 1. The van der Waals surface area contributed by atoms with Crippen LogP contribution in [0.15, 0.2) is 48.5 Å². The van der Waals surface area contributed by atoms with Gasteiger partial charge in [-0.15, -0.1) is 0 Å². The number of nitriles is 1. The fourth-order valence-electron chi connectivity index (χ4n) is 2.12. The van der Waals surface area contributed by atoms with Crippen molar-refractivity contribution in [2.24, 2.45) is 0 Å². The summed E-state index contributed by atoms with van der Waals surface area (Å²) >= 11 is 0. The molecule has 0 fully saturated rings. The molecular formula is C17H15N2O2.